The topological polar surface area (TPSA) is 67.2 Å². The van der Waals surface area contributed by atoms with Gasteiger partial charge in [0.15, 0.2) is 0 Å². The van der Waals surface area contributed by atoms with Gasteiger partial charge in [0.2, 0.25) is 5.91 Å². The molecule has 100 valence electrons. The molecule has 1 amide bonds. The Morgan fingerprint density at radius 2 is 2.12 bits per heavy atom. The second-order valence-corrected chi connectivity index (χ2v) is 5.57. The molecule has 1 aliphatic rings. The van der Waals surface area contributed by atoms with E-state index in [4.69, 9.17) is 5.73 Å². The summed E-state index contributed by atoms with van der Waals surface area (Å²) in [4.78, 5) is 11.3. The standard InChI is InChI=1S/C13H27N3O/c1-9(2)12(13(14)17)16-10(3)8-11-6-4-5-7-15-11/h9-12,15-16H,4-8H2,1-3H3,(H2,14,17). The van der Waals surface area contributed by atoms with Gasteiger partial charge in [0.25, 0.3) is 0 Å². The molecule has 17 heavy (non-hydrogen) atoms. The minimum Gasteiger partial charge on any atom is -0.368 e. The molecule has 0 aliphatic carbocycles. The van der Waals surface area contributed by atoms with Crippen molar-refractivity contribution in [3.63, 3.8) is 0 Å². The van der Waals surface area contributed by atoms with Gasteiger partial charge in [0.1, 0.15) is 0 Å². The lowest BCUT2D eigenvalue weighted by Crippen LogP contribution is -2.50. The third-order valence-corrected chi connectivity index (χ3v) is 3.49. The SMILES string of the molecule is CC(CC1CCCCN1)NC(C(N)=O)C(C)C. The molecule has 0 aromatic carbocycles. The Morgan fingerprint density at radius 3 is 2.59 bits per heavy atom. The van der Waals surface area contributed by atoms with E-state index < -0.39 is 0 Å². The van der Waals surface area contributed by atoms with E-state index in [-0.39, 0.29) is 17.9 Å². The first-order valence-electron chi connectivity index (χ1n) is 6.79. The lowest BCUT2D eigenvalue weighted by atomic mass is 9.97. The quantitative estimate of drug-likeness (QED) is 0.650. The van der Waals surface area contributed by atoms with Crippen LogP contribution >= 0.6 is 0 Å². The summed E-state index contributed by atoms with van der Waals surface area (Å²) >= 11 is 0. The highest BCUT2D eigenvalue weighted by atomic mass is 16.1. The number of piperidine rings is 1. The smallest absolute Gasteiger partial charge is 0.234 e. The van der Waals surface area contributed by atoms with Crippen LogP contribution < -0.4 is 16.4 Å². The molecule has 0 aromatic heterocycles. The molecular formula is C13H27N3O. The molecule has 1 saturated heterocycles. The van der Waals surface area contributed by atoms with Crippen molar-refractivity contribution in [2.75, 3.05) is 6.54 Å². The molecule has 3 unspecified atom stereocenters. The van der Waals surface area contributed by atoms with Crippen LogP contribution in [0.1, 0.15) is 46.5 Å². The van der Waals surface area contributed by atoms with Crippen molar-refractivity contribution in [1.82, 2.24) is 10.6 Å². The first-order valence-corrected chi connectivity index (χ1v) is 6.79. The van der Waals surface area contributed by atoms with Crippen LogP contribution in [0.3, 0.4) is 0 Å². The highest BCUT2D eigenvalue weighted by Crippen LogP contribution is 2.13. The molecule has 0 radical (unpaired) electrons. The summed E-state index contributed by atoms with van der Waals surface area (Å²) in [5, 5.41) is 6.87. The van der Waals surface area contributed by atoms with Crippen LogP contribution in [0.4, 0.5) is 0 Å². The predicted octanol–water partition coefficient (Wildman–Crippen LogP) is 1.01. The van der Waals surface area contributed by atoms with Crippen molar-refractivity contribution in [2.45, 2.75) is 64.6 Å². The summed E-state index contributed by atoms with van der Waals surface area (Å²) in [5.41, 5.74) is 5.40. The Morgan fingerprint density at radius 1 is 1.41 bits per heavy atom. The second kappa shape index (κ2) is 6.97. The van der Waals surface area contributed by atoms with E-state index in [9.17, 15) is 4.79 Å². The van der Waals surface area contributed by atoms with Gasteiger partial charge in [0.05, 0.1) is 6.04 Å². The summed E-state index contributed by atoms with van der Waals surface area (Å²) in [6, 6.07) is 0.700. The first-order chi connectivity index (χ1) is 8.00. The number of nitrogens with one attached hydrogen (secondary N) is 2. The fraction of sp³-hybridized carbons (Fsp3) is 0.923. The Bertz CT molecular complexity index is 237. The summed E-state index contributed by atoms with van der Waals surface area (Å²) in [5.74, 6) is -0.00211. The summed E-state index contributed by atoms with van der Waals surface area (Å²) < 4.78 is 0. The second-order valence-electron chi connectivity index (χ2n) is 5.57. The summed E-state index contributed by atoms with van der Waals surface area (Å²) in [7, 11) is 0. The highest BCUT2D eigenvalue weighted by molar-refractivity contribution is 5.80. The van der Waals surface area contributed by atoms with Crippen LogP contribution in [-0.2, 0) is 4.79 Å². The lowest BCUT2D eigenvalue weighted by molar-refractivity contribution is -0.121. The molecule has 3 atom stereocenters. The number of nitrogens with two attached hydrogens (primary N) is 1. The molecule has 0 aromatic rings. The van der Waals surface area contributed by atoms with Gasteiger partial charge < -0.3 is 16.4 Å². The van der Waals surface area contributed by atoms with E-state index in [2.05, 4.69) is 17.6 Å². The van der Waals surface area contributed by atoms with Gasteiger partial charge in [-0.05, 0) is 38.6 Å². The zero-order valence-electron chi connectivity index (χ0n) is 11.3. The zero-order chi connectivity index (χ0) is 12.8. The molecule has 0 bridgehead atoms. The zero-order valence-corrected chi connectivity index (χ0v) is 11.3. The van der Waals surface area contributed by atoms with Crippen molar-refractivity contribution in [2.24, 2.45) is 11.7 Å². The molecule has 1 fully saturated rings. The summed E-state index contributed by atoms with van der Waals surface area (Å²) in [6.45, 7) is 7.30. The van der Waals surface area contributed by atoms with Gasteiger partial charge in [-0.1, -0.05) is 20.3 Å². The number of rotatable bonds is 6. The number of primary amides is 1. The highest BCUT2D eigenvalue weighted by Gasteiger charge is 2.23. The molecule has 4 nitrogen and oxygen atoms in total. The van der Waals surface area contributed by atoms with Crippen LogP contribution in [0, 0.1) is 5.92 Å². The van der Waals surface area contributed by atoms with E-state index in [1.54, 1.807) is 0 Å². The van der Waals surface area contributed by atoms with Crippen molar-refractivity contribution in [3.8, 4) is 0 Å². The molecule has 4 heteroatoms. The van der Waals surface area contributed by atoms with Crippen LogP contribution in [0.2, 0.25) is 0 Å². The number of hydrogen-bond acceptors (Lipinski definition) is 3. The molecule has 1 rings (SSSR count). The fourth-order valence-electron chi connectivity index (χ4n) is 2.53. The first kappa shape index (κ1) is 14.5. The van der Waals surface area contributed by atoms with Crippen molar-refractivity contribution in [1.29, 1.82) is 0 Å². The Labute approximate surface area is 105 Å². The molecule has 1 heterocycles. The maximum absolute atomic E-state index is 11.3. The van der Waals surface area contributed by atoms with E-state index in [1.165, 1.54) is 19.3 Å². The molecule has 1 aliphatic heterocycles. The molecule has 0 spiro atoms. The van der Waals surface area contributed by atoms with Crippen molar-refractivity contribution in [3.05, 3.63) is 0 Å². The number of hydrogen-bond donors (Lipinski definition) is 3. The third-order valence-electron chi connectivity index (χ3n) is 3.49. The fourth-order valence-corrected chi connectivity index (χ4v) is 2.53. The van der Waals surface area contributed by atoms with Crippen LogP contribution in [0.15, 0.2) is 0 Å². The predicted molar refractivity (Wildman–Crippen MR) is 70.7 cm³/mol. The Balaban J connectivity index is 2.35. The van der Waals surface area contributed by atoms with Gasteiger partial charge in [0, 0.05) is 12.1 Å². The van der Waals surface area contributed by atoms with Gasteiger partial charge >= 0.3 is 0 Å². The lowest BCUT2D eigenvalue weighted by Gasteiger charge is -2.29. The Hall–Kier alpha value is -0.610. The average molecular weight is 241 g/mol. The van der Waals surface area contributed by atoms with Crippen molar-refractivity contribution < 1.29 is 4.79 Å². The van der Waals surface area contributed by atoms with Crippen LogP contribution in [-0.4, -0.2) is 30.6 Å². The average Bonchev–Trinajstić information content (AvgIpc) is 2.26. The summed E-state index contributed by atoms with van der Waals surface area (Å²) in [6.07, 6.45) is 4.91. The van der Waals surface area contributed by atoms with E-state index >= 15 is 0 Å². The van der Waals surface area contributed by atoms with Crippen LogP contribution in [0.25, 0.3) is 0 Å². The van der Waals surface area contributed by atoms with Gasteiger partial charge in [-0.25, -0.2) is 0 Å². The van der Waals surface area contributed by atoms with Crippen molar-refractivity contribution >= 4 is 5.91 Å². The number of amides is 1. The number of carbonyl (C=O) groups excluding carboxylic acids is 1. The Kier molecular flexibility index (Phi) is 5.92. The van der Waals surface area contributed by atoms with E-state index in [0.717, 1.165) is 13.0 Å². The largest absolute Gasteiger partial charge is 0.368 e. The third kappa shape index (κ3) is 5.04. The van der Waals surface area contributed by atoms with Gasteiger partial charge in [-0.2, -0.15) is 0 Å². The van der Waals surface area contributed by atoms with E-state index in [0.29, 0.717) is 12.1 Å². The molecule has 4 N–H and O–H groups in total. The van der Waals surface area contributed by atoms with Crippen LogP contribution in [0.5, 0.6) is 0 Å². The normalized spacial score (nSPS) is 24.6. The minimum atomic E-state index is -0.247. The number of carbonyl (C=O) groups is 1. The van der Waals surface area contributed by atoms with Gasteiger partial charge in [-0.3, -0.25) is 4.79 Å². The minimum absolute atomic E-state index is 0.214. The monoisotopic (exact) mass is 241 g/mol. The maximum Gasteiger partial charge on any atom is 0.234 e. The molecule has 0 saturated carbocycles. The van der Waals surface area contributed by atoms with E-state index in [1.807, 2.05) is 13.8 Å². The van der Waals surface area contributed by atoms with Gasteiger partial charge in [-0.15, -0.1) is 0 Å². The molecular weight excluding hydrogens is 214 g/mol. The maximum atomic E-state index is 11.3.